The third-order valence-corrected chi connectivity index (χ3v) is 6.44. The lowest BCUT2D eigenvalue weighted by molar-refractivity contribution is -0.119. The molecule has 1 aliphatic rings. The van der Waals surface area contributed by atoms with Gasteiger partial charge < -0.3 is 20.7 Å². The number of benzene rings is 2. The minimum absolute atomic E-state index is 0.0528. The number of carbonyl (C=O) groups is 2. The van der Waals surface area contributed by atoms with Crippen LogP contribution in [0.15, 0.2) is 54.6 Å². The van der Waals surface area contributed by atoms with Crippen LogP contribution in [0.5, 0.6) is 0 Å². The number of carbonyl (C=O) groups excluding carboxylic acids is 2. The molecule has 0 radical (unpaired) electrons. The van der Waals surface area contributed by atoms with Crippen molar-refractivity contribution >= 4 is 11.8 Å². The smallest absolute Gasteiger partial charge is 0.251 e. The van der Waals surface area contributed by atoms with Crippen molar-refractivity contribution in [2.75, 3.05) is 26.7 Å². The largest absolute Gasteiger partial charge is 0.367 e. The number of likely N-dealkylation sites (N-methyl/N-ethyl adjacent to an activating group) is 1. The fourth-order valence-corrected chi connectivity index (χ4v) is 4.79. The topological polar surface area (TPSA) is 79.5 Å². The summed E-state index contributed by atoms with van der Waals surface area (Å²) in [5.41, 5.74) is 2.56. The molecule has 2 aromatic rings. The van der Waals surface area contributed by atoms with Crippen molar-refractivity contribution in [1.29, 1.82) is 0 Å². The van der Waals surface area contributed by atoms with E-state index in [9.17, 15) is 9.59 Å². The van der Waals surface area contributed by atoms with Crippen molar-refractivity contribution in [3.63, 3.8) is 0 Å². The Kier molecular flexibility index (Phi) is 10.6. The summed E-state index contributed by atoms with van der Waals surface area (Å²) in [5, 5.41) is 9.27. The van der Waals surface area contributed by atoms with E-state index in [2.05, 4.69) is 16.0 Å². The minimum Gasteiger partial charge on any atom is -0.367 e. The van der Waals surface area contributed by atoms with E-state index in [0.717, 1.165) is 24.1 Å². The summed E-state index contributed by atoms with van der Waals surface area (Å²) in [7, 11) is 1.93. The molecule has 2 unspecified atom stereocenters. The van der Waals surface area contributed by atoms with Crippen molar-refractivity contribution in [3.8, 4) is 0 Å². The van der Waals surface area contributed by atoms with Gasteiger partial charge in [0, 0.05) is 31.6 Å². The predicted octanol–water partition coefficient (Wildman–Crippen LogP) is 4.22. The second-order valence-corrected chi connectivity index (χ2v) is 9.24. The summed E-state index contributed by atoms with van der Waals surface area (Å²) in [4.78, 5) is 24.4. The van der Waals surface area contributed by atoms with Crippen LogP contribution in [0.2, 0.25) is 0 Å². The summed E-state index contributed by atoms with van der Waals surface area (Å²) in [6.45, 7) is 3.07. The van der Waals surface area contributed by atoms with Crippen LogP contribution in [-0.4, -0.2) is 44.6 Å². The van der Waals surface area contributed by atoms with Gasteiger partial charge >= 0.3 is 0 Å². The average Bonchev–Trinajstić information content (AvgIpc) is 2.85. The third kappa shape index (κ3) is 8.26. The first-order chi connectivity index (χ1) is 16.6. The monoisotopic (exact) mass is 465 g/mol. The normalized spacial score (nSPS) is 15.9. The lowest BCUT2D eigenvalue weighted by Gasteiger charge is -2.27. The van der Waals surface area contributed by atoms with Gasteiger partial charge in [0.15, 0.2) is 0 Å². The molecule has 3 rings (SSSR count). The molecule has 1 saturated carbocycles. The number of amides is 2. The van der Waals surface area contributed by atoms with Crippen LogP contribution in [0.3, 0.4) is 0 Å². The van der Waals surface area contributed by atoms with Crippen LogP contribution < -0.4 is 16.0 Å². The van der Waals surface area contributed by atoms with Crippen LogP contribution in [0.25, 0.3) is 0 Å². The fourth-order valence-electron chi connectivity index (χ4n) is 4.79. The Bertz CT molecular complexity index is 897. The number of ether oxygens (including phenoxy) is 1. The number of nitrogens with one attached hydrogen (secondary N) is 3. The summed E-state index contributed by atoms with van der Waals surface area (Å²) in [6.07, 6.45) is 7.16. The quantitative estimate of drug-likeness (QED) is 0.410. The molecule has 2 aromatic carbocycles. The second-order valence-electron chi connectivity index (χ2n) is 9.24. The zero-order valence-corrected chi connectivity index (χ0v) is 20.5. The van der Waals surface area contributed by atoms with Crippen LogP contribution in [0.1, 0.15) is 73.0 Å². The molecule has 2 amide bonds. The first-order valence-electron chi connectivity index (χ1n) is 12.5. The van der Waals surface area contributed by atoms with Crippen molar-refractivity contribution in [2.45, 2.75) is 57.6 Å². The van der Waals surface area contributed by atoms with Crippen molar-refractivity contribution < 1.29 is 14.3 Å². The van der Waals surface area contributed by atoms with Crippen LogP contribution >= 0.6 is 0 Å². The molecule has 0 bridgehead atoms. The standard InChI is InChI=1S/C28H39N3O3/c1-21(32)30-16-17-34-27(23-12-7-4-8-13-23)24-14-9-15-25(19-24)28(33)31-26(20-29-2)18-22-10-5-3-6-11-22/h4,7-9,12-15,19,22,26-27,29H,3,5-6,10-11,16-18,20H2,1-2H3,(H,30,32)(H,31,33). The fraction of sp³-hybridized carbons (Fsp3) is 0.500. The van der Waals surface area contributed by atoms with E-state index in [1.807, 2.05) is 61.6 Å². The molecule has 3 N–H and O–H groups in total. The van der Waals surface area contributed by atoms with Gasteiger partial charge in [0.05, 0.1) is 6.61 Å². The van der Waals surface area contributed by atoms with Crippen molar-refractivity contribution in [2.24, 2.45) is 5.92 Å². The minimum atomic E-state index is -0.321. The van der Waals surface area contributed by atoms with E-state index >= 15 is 0 Å². The van der Waals surface area contributed by atoms with E-state index in [1.165, 1.54) is 39.0 Å². The van der Waals surface area contributed by atoms with Crippen LogP contribution in [0, 0.1) is 5.92 Å². The summed E-state index contributed by atoms with van der Waals surface area (Å²) >= 11 is 0. The molecule has 0 spiro atoms. The number of rotatable bonds is 12. The van der Waals surface area contributed by atoms with Gasteiger partial charge in [-0.05, 0) is 42.6 Å². The maximum atomic E-state index is 13.2. The highest BCUT2D eigenvalue weighted by Crippen LogP contribution is 2.28. The second kappa shape index (κ2) is 13.9. The van der Waals surface area contributed by atoms with Crippen molar-refractivity contribution in [1.82, 2.24) is 16.0 Å². The van der Waals surface area contributed by atoms with Gasteiger partial charge in [-0.3, -0.25) is 9.59 Å². The molecular weight excluding hydrogens is 426 g/mol. The highest BCUT2D eigenvalue weighted by molar-refractivity contribution is 5.94. The third-order valence-electron chi connectivity index (χ3n) is 6.44. The Morgan fingerprint density at radius 2 is 1.74 bits per heavy atom. The summed E-state index contributed by atoms with van der Waals surface area (Å²) in [6, 6.07) is 17.7. The lowest BCUT2D eigenvalue weighted by Crippen LogP contribution is -2.42. The van der Waals surface area contributed by atoms with Gasteiger partial charge in [0.25, 0.3) is 5.91 Å². The van der Waals surface area contributed by atoms with Gasteiger partial charge in [0.2, 0.25) is 5.91 Å². The molecule has 34 heavy (non-hydrogen) atoms. The molecule has 184 valence electrons. The van der Waals surface area contributed by atoms with Gasteiger partial charge in [-0.15, -0.1) is 0 Å². The van der Waals surface area contributed by atoms with Gasteiger partial charge in [-0.25, -0.2) is 0 Å². The summed E-state index contributed by atoms with van der Waals surface area (Å²) in [5.74, 6) is 0.559. The zero-order valence-electron chi connectivity index (χ0n) is 20.5. The highest BCUT2D eigenvalue weighted by atomic mass is 16.5. The Labute approximate surface area is 203 Å². The van der Waals surface area contributed by atoms with Crippen LogP contribution in [-0.2, 0) is 9.53 Å². The predicted molar refractivity (Wildman–Crippen MR) is 136 cm³/mol. The van der Waals surface area contributed by atoms with E-state index in [1.54, 1.807) is 0 Å². The highest BCUT2D eigenvalue weighted by Gasteiger charge is 2.22. The number of hydrogen-bond acceptors (Lipinski definition) is 4. The molecule has 6 heteroatoms. The van der Waals surface area contributed by atoms with E-state index < -0.39 is 0 Å². The maximum absolute atomic E-state index is 13.2. The molecule has 1 aliphatic carbocycles. The summed E-state index contributed by atoms with van der Waals surface area (Å²) < 4.78 is 6.16. The Hall–Kier alpha value is -2.70. The molecule has 0 heterocycles. The molecule has 0 aromatic heterocycles. The van der Waals surface area contributed by atoms with Gasteiger partial charge in [-0.2, -0.15) is 0 Å². The molecule has 2 atom stereocenters. The SMILES string of the molecule is CNCC(CC1CCCCC1)NC(=O)c1cccc(C(OCCNC(C)=O)c2ccccc2)c1. The molecule has 1 fully saturated rings. The Morgan fingerprint density at radius 3 is 2.44 bits per heavy atom. The Balaban J connectivity index is 1.71. The lowest BCUT2D eigenvalue weighted by atomic mass is 9.84. The Morgan fingerprint density at radius 1 is 1.00 bits per heavy atom. The first-order valence-corrected chi connectivity index (χ1v) is 12.5. The zero-order chi connectivity index (χ0) is 24.2. The van der Waals surface area contributed by atoms with Crippen molar-refractivity contribution in [3.05, 3.63) is 71.3 Å². The molecule has 0 aliphatic heterocycles. The molecule has 6 nitrogen and oxygen atoms in total. The maximum Gasteiger partial charge on any atom is 0.251 e. The van der Waals surface area contributed by atoms with Gasteiger partial charge in [0.1, 0.15) is 6.10 Å². The molecule has 0 saturated heterocycles. The van der Waals surface area contributed by atoms with E-state index in [0.29, 0.717) is 24.6 Å². The molecular formula is C28H39N3O3. The number of hydrogen-bond donors (Lipinski definition) is 3. The van der Waals surface area contributed by atoms with E-state index in [4.69, 9.17) is 4.74 Å². The van der Waals surface area contributed by atoms with E-state index in [-0.39, 0.29) is 24.0 Å². The van der Waals surface area contributed by atoms with Crippen LogP contribution in [0.4, 0.5) is 0 Å². The average molecular weight is 466 g/mol. The first kappa shape index (κ1) is 25.9. The van der Waals surface area contributed by atoms with Gasteiger partial charge in [-0.1, -0.05) is 74.6 Å².